The Morgan fingerprint density at radius 2 is 1.64 bits per heavy atom. The summed E-state index contributed by atoms with van der Waals surface area (Å²) in [5, 5.41) is 21.7. The standard InChI is InChI=1S/C12H8AsBrN2O6/c14-11-5-4-9(7-12(11)16(21)22)13(17,18)8-2-1-3-10(6-8)15(19)20/h1-7H,(H,17,18). The molecule has 2 aromatic carbocycles. The van der Waals surface area contributed by atoms with Gasteiger partial charge in [-0.05, 0) is 0 Å². The molecular formula is C12H8AsBrN2O6. The van der Waals surface area contributed by atoms with E-state index in [0.29, 0.717) is 0 Å². The first-order valence-corrected chi connectivity index (χ1v) is 10.0. The summed E-state index contributed by atoms with van der Waals surface area (Å²) in [6.07, 6.45) is 0. The molecule has 0 radical (unpaired) electrons. The molecule has 0 heterocycles. The number of hydrogen-bond acceptors (Lipinski definition) is 5. The van der Waals surface area contributed by atoms with E-state index in [9.17, 15) is 28.1 Å². The van der Waals surface area contributed by atoms with Crippen molar-refractivity contribution in [2.75, 3.05) is 0 Å². The average molecular weight is 431 g/mol. The Labute approximate surface area is 134 Å². The Hall–Kier alpha value is -1.96. The van der Waals surface area contributed by atoms with Crippen molar-refractivity contribution in [2.45, 2.75) is 0 Å². The summed E-state index contributed by atoms with van der Waals surface area (Å²) >= 11 is -1.92. The molecule has 0 saturated heterocycles. The number of halogens is 1. The van der Waals surface area contributed by atoms with E-state index in [1.165, 1.54) is 30.3 Å². The van der Waals surface area contributed by atoms with Crippen molar-refractivity contribution in [3.05, 3.63) is 67.2 Å². The van der Waals surface area contributed by atoms with Crippen molar-refractivity contribution in [1.29, 1.82) is 0 Å². The van der Waals surface area contributed by atoms with Crippen LogP contribution in [0.5, 0.6) is 0 Å². The van der Waals surface area contributed by atoms with Gasteiger partial charge in [-0.15, -0.1) is 0 Å². The molecule has 114 valence electrons. The Morgan fingerprint density at radius 1 is 1.00 bits per heavy atom. The molecule has 10 heteroatoms. The second kappa shape index (κ2) is 6.04. The Morgan fingerprint density at radius 3 is 2.23 bits per heavy atom. The molecule has 1 N–H and O–H groups in total. The van der Waals surface area contributed by atoms with Gasteiger partial charge in [0, 0.05) is 0 Å². The molecule has 0 amide bonds. The zero-order valence-corrected chi connectivity index (χ0v) is 14.2. The summed E-state index contributed by atoms with van der Waals surface area (Å²) in [6.45, 7) is 0. The van der Waals surface area contributed by atoms with Crippen LogP contribution >= 0.6 is 15.9 Å². The van der Waals surface area contributed by atoms with Gasteiger partial charge >= 0.3 is 135 Å². The van der Waals surface area contributed by atoms with Crippen LogP contribution in [0.1, 0.15) is 0 Å². The summed E-state index contributed by atoms with van der Waals surface area (Å²) in [4.78, 5) is 20.3. The van der Waals surface area contributed by atoms with Gasteiger partial charge in [0.05, 0.1) is 0 Å². The zero-order chi connectivity index (χ0) is 16.5. The first-order valence-electron chi connectivity index (χ1n) is 5.76. The van der Waals surface area contributed by atoms with Crippen LogP contribution in [0.3, 0.4) is 0 Å². The van der Waals surface area contributed by atoms with Gasteiger partial charge in [-0.1, -0.05) is 0 Å². The van der Waals surface area contributed by atoms with Crippen LogP contribution in [-0.2, 0) is 3.74 Å². The van der Waals surface area contributed by atoms with Gasteiger partial charge in [-0.3, -0.25) is 0 Å². The van der Waals surface area contributed by atoms with Crippen molar-refractivity contribution in [3.63, 3.8) is 0 Å². The molecule has 0 aliphatic carbocycles. The van der Waals surface area contributed by atoms with E-state index >= 15 is 0 Å². The summed E-state index contributed by atoms with van der Waals surface area (Å²) < 4.78 is 22.9. The number of non-ortho nitro benzene ring substituents is 1. The second-order valence-electron chi connectivity index (χ2n) is 4.25. The maximum atomic E-state index is 12.6. The van der Waals surface area contributed by atoms with Crippen molar-refractivity contribution >= 4 is 49.8 Å². The van der Waals surface area contributed by atoms with Crippen molar-refractivity contribution in [1.82, 2.24) is 0 Å². The van der Waals surface area contributed by atoms with Crippen molar-refractivity contribution < 1.29 is 17.7 Å². The molecule has 8 nitrogen and oxygen atoms in total. The topological polar surface area (TPSA) is 124 Å². The normalized spacial score (nSPS) is 13.4. The van der Waals surface area contributed by atoms with Gasteiger partial charge < -0.3 is 0 Å². The Balaban J connectivity index is 2.57. The van der Waals surface area contributed by atoms with Crippen molar-refractivity contribution in [2.24, 2.45) is 0 Å². The van der Waals surface area contributed by atoms with Crippen LogP contribution in [0.15, 0.2) is 46.9 Å². The maximum absolute atomic E-state index is 12.6. The predicted octanol–water partition coefficient (Wildman–Crippen LogP) is 1.24. The van der Waals surface area contributed by atoms with Gasteiger partial charge in [-0.2, -0.15) is 0 Å². The minimum atomic E-state index is -4.91. The SMILES string of the molecule is O=[N+]([O-])c1cccc([As](=O)(O)c2ccc(Br)c([N+](=O)[O-])c2)c1. The molecule has 0 saturated carbocycles. The molecular weight excluding hydrogens is 423 g/mol. The molecule has 2 rings (SSSR count). The molecule has 22 heavy (non-hydrogen) atoms. The fourth-order valence-electron chi connectivity index (χ4n) is 1.77. The van der Waals surface area contributed by atoms with E-state index in [-0.39, 0.29) is 24.5 Å². The molecule has 0 aliphatic rings. The monoisotopic (exact) mass is 430 g/mol. The van der Waals surface area contributed by atoms with Crippen LogP contribution in [0, 0.1) is 20.2 Å². The molecule has 0 aliphatic heterocycles. The predicted molar refractivity (Wildman–Crippen MR) is 81.8 cm³/mol. The third-order valence-corrected chi connectivity index (χ3v) is 7.64. The van der Waals surface area contributed by atoms with E-state index in [0.717, 1.165) is 12.1 Å². The van der Waals surface area contributed by atoms with E-state index in [1.807, 2.05) is 0 Å². The fraction of sp³-hybridized carbons (Fsp3) is 0. The minimum absolute atomic E-state index is 0.107. The summed E-state index contributed by atoms with van der Waals surface area (Å²) in [7, 11) is 0. The molecule has 0 aromatic heterocycles. The van der Waals surface area contributed by atoms with Crippen molar-refractivity contribution in [3.8, 4) is 0 Å². The first kappa shape index (κ1) is 16.4. The third kappa shape index (κ3) is 3.11. The number of hydrogen-bond donors (Lipinski definition) is 1. The number of rotatable bonds is 4. The quantitative estimate of drug-likeness (QED) is 0.442. The summed E-state index contributed by atoms with van der Waals surface area (Å²) in [5.74, 6) is 0. The van der Waals surface area contributed by atoms with E-state index in [4.69, 9.17) is 0 Å². The fourth-order valence-corrected chi connectivity index (χ4v) is 5.24. The van der Waals surface area contributed by atoms with Crippen LogP contribution in [-0.4, -0.2) is 27.8 Å². The Kier molecular flexibility index (Phi) is 4.50. The van der Waals surface area contributed by atoms with E-state index < -0.39 is 23.7 Å². The van der Waals surface area contributed by atoms with E-state index in [1.54, 1.807) is 0 Å². The van der Waals surface area contributed by atoms with Crippen LogP contribution in [0.25, 0.3) is 0 Å². The number of nitrogens with zero attached hydrogens (tertiary/aromatic N) is 2. The number of benzene rings is 2. The molecule has 0 spiro atoms. The average Bonchev–Trinajstić information content (AvgIpc) is 2.47. The van der Waals surface area contributed by atoms with Gasteiger partial charge in [0.2, 0.25) is 0 Å². The van der Waals surface area contributed by atoms with Crippen LogP contribution < -0.4 is 8.70 Å². The Bertz CT molecular complexity index is 825. The zero-order valence-electron chi connectivity index (χ0n) is 10.7. The number of nitro benzene ring substituents is 2. The van der Waals surface area contributed by atoms with Crippen LogP contribution in [0.4, 0.5) is 11.4 Å². The second-order valence-corrected chi connectivity index (χ2v) is 9.68. The summed E-state index contributed by atoms with van der Waals surface area (Å²) in [6, 6.07) is 8.39. The van der Waals surface area contributed by atoms with Gasteiger partial charge in [-0.25, -0.2) is 0 Å². The molecule has 1 unspecified atom stereocenters. The summed E-state index contributed by atoms with van der Waals surface area (Å²) in [5.41, 5.74) is -0.668. The first-order chi connectivity index (χ1) is 10.2. The molecule has 0 fully saturated rings. The molecule has 0 bridgehead atoms. The third-order valence-electron chi connectivity index (χ3n) is 2.87. The van der Waals surface area contributed by atoms with Gasteiger partial charge in [0.25, 0.3) is 0 Å². The van der Waals surface area contributed by atoms with Crippen LogP contribution in [0.2, 0.25) is 0 Å². The molecule has 1 atom stereocenters. The van der Waals surface area contributed by atoms with E-state index in [2.05, 4.69) is 15.9 Å². The number of nitro groups is 2. The molecule has 2 aromatic rings. The van der Waals surface area contributed by atoms with Gasteiger partial charge in [0.1, 0.15) is 0 Å². The van der Waals surface area contributed by atoms with Gasteiger partial charge in [0.15, 0.2) is 0 Å².